The van der Waals surface area contributed by atoms with Gasteiger partial charge in [0.05, 0.1) is 6.33 Å². The van der Waals surface area contributed by atoms with Gasteiger partial charge < -0.3 is 9.98 Å². The van der Waals surface area contributed by atoms with Crippen LogP contribution < -0.4 is 5.43 Å². The Balaban J connectivity index is 2.90. The molecular weight excluding hydrogens is 170 g/mol. The molecule has 0 radical (unpaired) electrons. The molecular formula is C6H9N7. The van der Waals surface area contributed by atoms with Gasteiger partial charge in [-0.05, 0) is 0 Å². The Hall–Kier alpha value is -2.05. The maximum atomic E-state index is 7.02. The second kappa shape index (κ2) is 4.10. The van der Waals surface area contributed by atoms with Gasteiger partial charge in [-0.3, -0.25) is 0 Å². The molecule has 0 aliphatic carbocycles. The predicted molar refractivity (Wildman–Crippen MR) is 47.5 cm³/mol. The van der Waals surface area contributed by atoms with Crippen LogP contribution in [0, 0.1) is 10.9 Å². The molecule has 1 rings (SSSR count). The van der Waals surface area contributed by atoms with Gasteiger partial charge in [-0.1, -0.05) is 5.22 Å². The molecule has 13 heavy (non-hydrogen) atoms. The summed E-state index contributed by atoms with van der Waals surface area (Å²) in [6.07, 6.45) is 3.94. The van der Waals surface area contributed by atoms with E-state index >= 15 is 0 Å². The van der Waals surface area contributed by atoms with Crippen LogP contribution in [0.25, 0.3) is 0 Å². The zero-order valence-corrected chi connectivity index (χ0v) is 7.02. The van der Waals surface area contributed by atoms with E-state index in [0.717, 1.165) is 6.21 Å². The number of imidazole rings is 1. The summed E-state index contributed by atoms with van der Waals surface area (Å²) in [5.41, 5.74) is 9.17. The van der Waals surface area contributed by atoms with Crippen LogP contribution in [0.15, 0.2) is 16.5 Å². The highest BCUT2D eigenvalue weighted by atomic mass is 15.4. The summed E-state index contributed by atoms with van der Waals surface area (Å²) >= 11 is 0. The van der Waals surface area contributed by atoms with Crippen LogP contribution in [0.2, 0.25) is 0 Å². The van der Waals surface area contributed by atoms with Gasteiger partial charge in [-0.25, -0.2) is 15.4 Å². The van der Waals surface area contributed by atoms with Crippen LogP contribution in [0.3, 0.4) is 0 Å². The van der Waals surface area contributed by atoms with Gasteiger partial charge in [0.15, 0.2) is 5.82 Å². The van der Waals surface area contributed by atoms with Crippen LogP contribution in [0.5, 0.6) is 0 Å². The summed E-state index contributed by atoms with van der Waals surface area (Å²) < 4.78 is 1.67. The van der Waals surface area contributed by atoms with Crippen molar-refractivity contribution in [3.05, 3.63) is 12.0 Å². The fraction of sp³-hybridized carbons (Fsp3) is 0.167. The van der Waals surface area contributed by atoms with Crippen molar-refractivity contribution < 1.29 is 0 Å². The van der Waals surface area contributed by atoms with Crippen LogP contribution in [0.4, 0.5) is 5.82 Å². The first kappa shape index (κ1) is 9.04. The second-order valence-corrected chi connectivity index (χ2v) is 2.21. The SMILES string of the molecule is Cn1cnc(C=N)c1/N=C/NN=N. The maximum absolute atomic E-state index is 7.02. The Morgan fingerprint density at radius 1 is 1.69 bits per heavy atom. The third-order valence-corrected chi connectivity index (χ3v) is 1.38. The Morgan fingerprint density at radius 2 is 2.46 bits per heavy atom. The normalized spacial score (nSPS) is 10.2. The van der Waals surface area contributed by atoms with Crippen molar-refractivity contribution in [1.82, 2.24) is 15.0 Å². The van der Waals surface area contributed by atoms with Crippen molar-refractivity contribution in [3.8, 4) is 0 Å². The smallest absolute Gasteiger partial charge is 0.162 e. The summed E-state index contributed by atoms with van der Waals surface area (Å²) in [5, 5.41) is 9.91. The highest BCUT2D eigenvalue weighted by Gasteiger charge is 2.02. The van der Waals surface area contributed by atoms with E-state index in [0.29, 0.717) is 11.5 Å². The van der Waals surface area contributed by atoms with Crippen molar-refractivity contribution in [1.29, 1.82) is 10.9 Å². The number of aryl methyl sites for hydroxylation is 1. The van der Waals surface area contributed by atoms with E-state index in [4.69, 9.17) is 10.9 Å². The lowest BCUT2D eigenvalue weighted by molar-refractivity contribution is 0.873. The summed E-state index contributed by atoms with van der Waals surface area (Å²) in [6, 6.07) is 0. The lowest BCUT2D eigenvalue weighted by atomic mass is 10.5. The van der Waals surface area contributed by atoms with Crippen LogP contribution in [-0.4, -0.2) is 22.1 Å². The average molecular weight is 179 g/mol. The minimum Gasteiger partial charge on any atom is -0.318 e. The van der Waals surface area contributed by atoms with E-state index in [1.54, 1.807) is 17.9 Å². The molecule has 0 fully saturated rings. The third-order valence-electron chi connectivity index (χ3n) is 1.38. The van der Waals surface area contributed by atoms with Gasteiger partial charge >= 0.3 is 0 Å². The van der Waals surface area contributed by atoms with Crippen molar-refractivity contribution in [2.24, 2.45) is 17.3 Å². The molecule has 0 atom stereocenters. The lowest BCUT2D eigenvalue weighted by Gasteiger charge is -1.94. The average Bonchev–Trinajstić information content (AvgIpc) is 2.48. The highest BCUT2D eigenvalue weighted by molar-refractivity contribution is 5.81. The molecule has 0 amide bonds. The van der Waals surface area contributed by atoms with Crippen molar-refractivity contribution in [3.63, 3.8) is 0 Å². The maximum Gasteiger partial charge on any atom is 0.162 e. The fourth-order valence-corrected chi connectivity index (χ4v) is 0.820. The van der Waals surface area contributed by atoms with Gasteiger partial charge in [0.25, 0.3) is 0 Å². The molecule has 0 spiro atoms. The molecule has 68 valence electrons. The molecule has 0 bridgehead atoms. The molecule has 1 aromatic rings. The zero-order chi connectivity index (χ0) is 9.68. The predicted octanol–water partition coefficient (Wildman–Crippen LogP) is 0.613. The third kappa shape index (κ3) is 1.95. The molecule has 7 nitrogen and oxygen atoms in total. The van der Waals surface area contributed by atoms with Gasteiger partial charge in [0.1, 0.15) is 12.0 Å². The quantitative estimate of drug-likeness (QED) is 0.273. The van der Waals surface area contributed by atoms with Crippen molar-refractivity contribution >= 4 is 18.4 Å². The summed E-state index contributed by atoms with van der Waals surface area (Å²) in [7, 11) is 1.77. The summed E-state index contributed by atoms with van der Waals surface area (Å²) in [5.74, 6) is 0.547. The summed E-state index contributed by atoms with van der Waals surface area (Å²) in [4.78, 5) is 7.84. The zero-order valence-electron chi connectivity index (χ0n) is 7.02. The monoisotopic (exact) mass is 179 g/mol. The molecule has 0 saturated carbocycles. The van der Waals surface area contributed by atoms with Crippen LogP contribution in [0.1, 0.15) is 5.69 Å². The minimum atomic E-state index is 0.477. The number of nitrogens with one attached hydrogen (secondary N) is 3. The first-order valence-electron chi connectivity index (χ1n) is 3.46. The second-order valence-electron chi connectivity index (χ2n) is 2.21. The molecule has 0 saturated heterocycles. The number of hydrogen-bond acceptors (Lipinski definition) is 5. The number of hydrogen-bond donors (Lipinski definition) is 3. The molecule has 1 aromatic heterocycles. The highest BCUT2D eigenvalue weighted by Crippen LogP contribution is 2.13. The number of nitrogens with zero attached hydrogens (tertiary/aromatic N) is 4. The van der Waals surface area contributed by atoms with E-state index in [1.165, 1.54) is 6.34 Å². The largest absolute Gasteiger partial charge is 0.318 e. The first-order valence-corrected chi connectivity index (χ1v) is 3.46. The molecule has 3 N–H and O–H groups in total. The van der Waals surface area contributed by atoms with Crippen molar-refractivity contribution in [2.45, 2.75) is 0 Å². The minimum absolute atomic E-state index is 0.477. The summed E-state index contributed by atoms with van der Waals surface area (Å²) in [6.45, 7) is 0. The van der Waals surface area contributed by atoms with E-state index in [2.05, 4.69) is 20.6 Å². The van der Waals surface area contributed by atoms with E-state index in [-0.39, 0.29) is 0 Å². The molecule has 0 aliphatic rings. The van der Waals surface area contributed by atoms with Gasteiger partial charge in [0.2, 0.25) is 0 Å². The molecule has 1 heterocycles. The molecule has 0 unspecified atom stereocenters. The Labute approximate surface area is 74.5 Å². The van der Waals surface area contributed by atoms with E-state index in [1.807, 2.05) is 0 Å². The number of aliphatic imine (C=N–C) groups is 1. The standard InChI is InChI=1S/C6H9N7/c1-13-4-10-5(2-7)6(13)9-3-11-12-8/h2-4,7H,1H3,(H2,8,9,11). The van der Waals surface area contributed by atoms with Crippen LogP contribution >= 0.6 is 0 Å². The number of rotatable bonds is 4. The Bertz CT molecular complexity index is 337. The van der Waals surface area contributed by atoms with Crippen LogP contribution in [-0.2, 0) is 7.05 Å². The molecule has 0 aromatic carbocycles. The topological polar surface area (TPSA) is 102 Å². The Kier molecular flexibility index (Phi) is 2.85. The molecule has 7 heteroatoms. The van der Waals surface area contributed by atoms with E-state index < -0.39 is 0 Å². The van der Waals surface area contributed by atoms with E-state index in [9.17, 15) is 0 Å². The van der Waals surface area contributed by atoms with Gasteiger partial charge in [0, 0.05) is 13.3 Å². The first-order chi connectivity index (χ1) is 6.29. The fourth-order valence-electron chi connectivity index (χ4n) is 0.820. The van der Waals surface area contributed by atoms with Gasteiger partial charge in [-0.2, -0.15) is 5.53 Å². The lowest BCUT2D eigenvalue weighted by Crippen LogP contribution is -1.99. The number of aromatic nitrogens is 2. The van der Waals surface area contributed by atoms with Crippen molar-refractivity contribution in [2.75, 3.05) is 0 Å². The Morgan fingerprint density at radius 3 is 3.08 bits per heavy atom. The van der Waals surface area contributed by atoms with Gasteiger partial charge in [-0.15, -0.1) is 0 Å². The molecule has 0 aliphatic heterocycles.